The molecule has 136 valence electrons. The van der Waals surface area contributed by atoms with Crippen LogP contribution in [0.2, 0.25) is 0 Å². The van der Waals surface area contributed by atoms with Gasteiger partial charge in [-0.1, -0.05) is 49.7 Å². The maximum Gasteiger partial charge on any atom is 0.218 e. The predicted octanol–water partition coefficient (Wildman–Crippen LogP) is 3.53. The number of nitrogens with zero attached hydrogens (tertiary/aromatic N) is 2. The van der Waals surface area contributed by atoms with Gasteiger partial charge in [0.05, 0.1) is 13.2 Å². The van der Waals surface area contributed by atoms with Crippen molar-refractivity contribution in [3.8, 4) is 5.88 Å². The van der Waals surface area contributed by atoms with E-state index in [9.17, 15) is 0 Å². The predicted molar refractivity (Wildman–Crippen MR) is 114 cm³/mol. The minimum atomic E-state index is 0. The summed E-state index contributed by atoms with van der Waals surface area (Å²) in [4.78, 5) is 8.66. The fourth-order valence-electron chi connectivity index (χ4n) is 2.19. The molecule has 2 aromatic rings. The lowest BCUT2D eigenvalue weighted by molar-refractivity contribution is 0.294. The van der Waals surface area contributed by atoms with Crippen LogP contribution in [0.5, 0.6) is 5.88 Å². The lowest BCUT2D eigenvalue weighted by Crippen LogP contribution is -2.33. The van der Waals surface area contributed by atoms with Crippen molar-refractivity contribution >= 4 is 29.9 Å². The van der Waals surface area contributed by atoms with Gasteiger partial charge in [0.25, 0.3) is 0 Å². The van der Waals surface area contributed by atoms with E-state index in [-0.39, 0.29) is 24.0 Å². The maximum atomic E-state index is 5.94. The molecule has 0 amide bonds. The van der Waals surface area contributed by atoms with Crippen LogP contribution in [0.15, 0.2) is 53.7 Å². The van der Waals surface area contributed by atoms with Gasteiger partial charge in [-0.05, 0) is 24.5 Å². The van der Waals surface area contributed by atoms with Crippen LogP contribution >= 0.6 is 24.0 Å². The number of hydrogen-bond donors (Lipinski definition) is 2. The zero-order valence-corrected chi connectivity index (χ0v) is 17.0. The largest absolute Gasteiger partial charge is 0.477 e. The summed E-state index contributed by atoms with van der Waals surface area (Å²) in [5.74, 6) is 1.08. The molecule has 6 heteroatoms. The Hall–Kier alpha value is -1.83. The molecule has 3 N–H and O–H groups in total. The zero-order chi connectivity index (χ0) is 17.0. The summed E-state index contributed by atoms with van der Waals surface area (Å²) in [6, 6.07) is 14.1. The summed E-state index contributed by atoms with van der Waals surface area (Å²) in [6.07, 6.45) is 4.76. The first-order valence-electron chi connectivity index (χ1n) is 8.44. The number of aliphatic imine (C=N–C) groups is 1. The normalized spacial score (nSPS) is 10.8. The number of pyridine rings is 1. The van der Waals surface area contributed by atoms with Crippen molar-refractivity contribution in [2.24, 2.45) is 10.7 Å². The summed E-state index contributed by atoms with van der Waals surface area (Å²) in [5.41, 5.74) is 8.16. The number of aromatic nitrogens is 1. The summed E-state index contributed by atoms with van der Waals surface area (Å²) >= 11 is 0. The molecular weight excluding hydrogens is 427 g/mol. The van der Waals surface area contributed by atoms with Crippen LogP contribution < -0.4 is 15.8 Å². The molecule has 0 saturated heterocycles. The van der Waals surface area contributed by atoms with Gasteiger partial charge in [-0.2, -0.15) is 0 Å². The van der Waals surface area contributed by atoms with Crippen molar-refractivity contribution in [3.05, 3.63) is 59.8 Å². The average molecular weight is 454 g/mol. The van der Waals surface area contributed by atoms with Crippen LogP contribution in [-0.2, 0) is 13.0 Å². The first-order valence-corrected chi connectivity index (χ1v) is 8.44. The van der Waals surface area contributed by atoms with Gasteiger partial charge in [0.1, 0.15) is 0 Å². The number of ether oxygens (including phenoxy) is 1. The molecule has 0 spiro atoms. The van der Waals surface area contributed by atoms with Crippen LogP contribution in [0.25, 0.3) is 0 Å². The maximum absolute atomic E-state index is 5.94. The minimum absolute atomic E-state index is 0. The van der Waals surface area contributed by atoms with E-state index >= 15 is 0 Å². The number of benzene rings is 1. The highest BCUT2D eigenvalue weighted by atomic mass is 127. The molecular formula is C19H27IN4O. The quantitative estimate of drug-likeness (QED) is 0.263. The Morgan fingerprint density at radius 3 is 2.76 bits per heavy atom. The molecule has 0 unspecified atom stereocenters. The smallest absolute Gasteiger partial charge is 0.218 e. The van der Waals surface area contributed by atoms with Gasteiger partial charge >= 0.3 is 0 Å². The summed E-state index contributed by atoms with van der Waals surface area (Å²) in [5, 5.41) is 3.14. The number of nitrogens with one attached hydrogen (secondary N) is 1. The summed E-state index contributed by atoms with van der Waals surface area (Å²) in [7, 11) is 0. The molecule has 1 aromatic heterocycles. The lowest BCUT2D eigenvalue weighted by Gasteiger charge is -2.09. The third-order valence-electron chi connectivity index (χ3n) is 3.57. The van der Waals surface area contributed by atoms with E-state index in [4.69, 9.17) is 10.5 Å². The van der Waals surface area contributed by atoms with E-state index in [1.165, 1.54) is 5.56 Å². The number of rotatable bonds is 9. The van der Waals surface area contributed by atoms with Gasteiger partial charge in [0.2, 0.25) is 5.88 Å². The Morgan fingerprint density at radius 1 is 1.20 bits per heavy atom. The number of nitrogens with two attached hydrogens (primary N) is 1. The molecule has 0 aliphatic carbocycles. The summed E-state index contributed by atoms with van der Waals surface area (Å²) < 4.78 is 5.71. The molecule has 0 fully saturated rings. The van der Waals surface area contributed by atoms with Crippen LogP contribution in [0.4, 0.5) is 0 Å². The summed E-state index contributed by atoms with van der Waals surface area (Å²) in [6.45, 7) is 4.02. The molecule has 1 aromatic carbocycles. The van der Waals surface area contributed by atoms with Crippen LogP contribution in [0.1, 0.15) is 30.9 Å². The van der Waals surface area contributed by atoms with E-state index in [0.29, 0.717) is 25.0 Å². The number of halogens is 1. The Bertz CT molecular complexity index is 634. The minimum Gasteiger partial charge on any atom is -0.477 e. The molecule has 0 aliphatic rings. The fourth-order valence-corrected chi connectivity index (χ4v) is 2.19. The second-order valence-electron chi connectivity index (χ2n) is 5.53. The Morgan fingerprint density at radius 2 is 2.00 bits per heavy atom. The third kappa shape index (κ3) is 8.20. The molecule has 2 rings (SSSR count). The molecule has 0 aliphatic heterocycles. The van der Waals surface area contributed by atoms with Crippen molar-refractivity contribution in [1.29, 1.82) is 0 Å². The fraction of sp³-hybridized carbons (Fsp3) is 0.368. The average Bonchev–Trinajstić information content (AvgIpc) is 2.62. The van der Waals surface area contributed by atoms with Crippen LogP contribution in [0, 0.1) is 0 Å². The van der Waals surface area contributed by atoms with Crippen molar-refractivity contribution in [2.75, 3.05) is 13.2 Å². The first-order chi connectivity index (χ1) is 11.8. The van der Waals surface area contributed by atoms with Gasteiger partial charge in [-0.15, -0.1) is 24.0 Å². The number of unbranched alkanes of at least 4 members (excludes halogenated alkanes) is 1. The Kier molecular flexibility index (Phi) is 10.6. The topological polar surface area (TPSA) is 72.5 Å². The molecule has 0 atom stereocenters. The van der Waals surface area contributed by atoms with Gasteiger partial charge in [-0.3, -0.25) is 0 Å². The molecule has 5 nitrogen and oxygen atoms in total. The Labute approximate surface area is 167 Å². The second kappa shape index (κ2) is 12.5. The van der Waals surface area contributed by atoms with E-state index in [2.05, 4.69) is 34.3 Å². The van der Waals surface area contributed by atoms with Crippen LogP contribution in [0.3, 0.4) is 0 Å². The SMILES string of the molecule is CCCCOc1ncccc1CN=C(N)NCCc1ccccc1.I. The molecule has 0 radical (unpaired) electrons. The van der Waals surface area contributed by atoms with Gasteiger partial charge in [0, 0.05) is 18.3 Å². The number of hydrogen-bond acceptors (Lipinski definition) is 3. The van der Waals surface area contributed by atoms with Crippen molar-refractivity contribution in [1.82, 2.24) is 10.3 Å². The van der Waals surface area contributed by atoms with Gasteiger partial charge < -0.3 is 15.8 Å². The standard InChI is InChI=1S/C19H26N4O.HI/c1-2-3-14-24-18-17(10-7-12-21-18)15-23-19(20)22-13-11-16-8-5-4-6-9-16;/h4-10,12H,2-3,11,13-15H2,1H3,(H3,20,22,23);1H. The van der Waals surface area contributed by atoms with Crippen molar-refractivity contribution in [2.45, 2.75) is 32.7 Å². The van der Waals surface area contributed by atoms with E-state index < -0.39 is 0 Å². The molecule has 0 bridgehead atoms. The first kappa shape index (κ1) is 21.2. The monoisotopic (exact) mass is 454 g/mol. The highest BCUT2D eigenvalue weighted by molar-refractivity contribution is 14.0. The van der Waals surface area contributed by atoms with Crippen LogP contribution in [-0.4, -0.2) is 24.1 Å². The highest BCUT2D eigenvalue weighted by Gasteiger charge is 2.04. The van der Waals surface area contributed by atoms with Gasteiger partial charge in [0.15, 0.2) is 5.96 Å². The Balaban J connectivity index is 0.00000312. The highest BCUT2D eigenvalue weighted by Crippen LogP contribution is 2.15. The van der Waals surface area contributed by atoms with Crippen molar-refractivity contribution in [3.63, 3.8) is 0 Å². The molecule has 1 heterocycles. The number of guanidine groups is 1. The zero-order valence-electron chi connectivity index (χ0n) is 14.6. The van der Waals surface area contributed by atoms with Crippen molar-refractivity contribution < 1.29 is 4.74 Å². The van der Waals surface area contributed by atoms with E-state index in [1.54, 1.807) is 6.20 Å². The lowest BCUT2D eigenvalue weighted by atomic mass is 10.1. The second-order valence-corrected chi connectivity index (χ2v) is 5.53. The molecule has 25 heavy (non-hydrogen) atoms. The van der Waals surface area contributed by atoms with Gasteiger partial charge in [-0.25, -0.2) is 9.98 Å². The van der Waals surface area contributed by atoms with E-state index in [0.717, 1.165) is 31.4 Å². The molecule has 0 saturated carbocycles. The van der Waals surface area contributed by atoms with E-state index in [1.807, 2.05) is 30.3 Å². The third-order valence-corrected chi connectivity index (χ3v) is 3.57.